The van der Waals surface area contributed by atoms with E-state index in [0.29, 0.717) is 22.1 Å². The van der Waals surface area contributed by atoms with Crippen molar-refractivity contribution in [1.82, 2.24) is 9.13 Å². The molecule has 0 unspecified atom stereocenters. The molecule has 0 aliphatic carbocycles. The summed E-state index contributed by atoms with van der Waals surface area (Å²) in [6.45, 7) is 5.73. The van der Waals surface area contributed by atoms with Gasteiger partial charge in [-0.15, -0.1) is 0 Å². The third kappa shape index (κ3) is 3.49. The Labute approximate surface area is 285 Å². The van der Waals surface area contributed by atoms with Crippen LogP contribution in [0, 0.1) is 0 Å². The number of carbonyl (C=O) groups excluding carboxylic acids is 4. The summed E-state index contributed by atoms with van der Waals surface area (Å²) >= 11 is 0. The maximum Gasteiger partial charge on any atom is 0.265 e. The van der Waals surface area contributed by atoms with E-state index in [9.17, 15) is 19.2 Å². The zero-order valence-electron chi connectivity index (χ0n) is 27.2. The Hall–Kier alpha value is -6.54. The van der Waals surface area contributed by atoms with Crippen LogP contribution in [0.3, 0.4) is 0 Å². The SMILES string of the molecule is CCn1c2ccccc2c2cc(N3C(=O)c4ccc5c6c(ccc(c46)C3=O)C(=O)N(c3ccc4c(c3)c3ccccc3n4CC)C5=O)ccc21. The van der Waals surface area contributed by atoms with Crippen molar-refractivity contribution in [3.8, 4) is 0 Å². The number of nitrogens with zero attached hydrogens (tertiary/aromatic N) is 4. The van der Waals surface area contributed by atoms with E-state index in [-0.39, 0.29) is 22.3 Å². The Bertz CT molecular complexity index is 2630. The van der Waals surface area contributed by atoms with E-state index in [2.05, 4.69) is 35.1 Å². The van der Waals surface area contributed by atoms with Crippen molar-refractivity contribution < 1.29 is 19.2 Å². The number of amides is 4. The standard InChI is InChI=1S/C42H28N4O4/c1-3-43-33-11-7-5-9-25(33)31-21-23(13-19-35(31)43)45-39(47)27-15-17-29-38-30(18-16-28(37(27)38)40(45)48)42(50)46(41(29)49)24-14-20-36-32(22-24)26-10-6-8-12-34(26)44(36)4-2/h5-22H,3-4H2,1-2H3. The smallest absolute Gasteiger partial charge is 0.265 e. The van der Waals surface area contributed by atoms with Crippen LogP contribution >= 0.6 is 0 Å². The van der Waals surface area contributed by atoms with Gasteiger partial charge in [0.25, 0.3) is 23.6 Å². The minimum atomic E-state index is -0.495. The largest absolute Gasteiger partial charge is 0.341 e. The molecule has 0 radical (unpaired) electrons. The highest BCUT2D eigenvalue weighted by Gasteiger charge is 2.41. The lowest BCUT2D eigenvalue weighted by atomic mass is 9.85. The average molecular weight is 653 g/mol. The third-order valence-corrected chi connectivity index (χ3v) is 10.6. The average Bonchev–Trinajstić information content (AvgIpc) is 3.64. The quantitative estimate of drug-likeness (QED) is 0.178. The molecule has 8 aromatic rings. The molecule has 8 nitrogen and oxygen atoms in total. The van der Waals surface area contributed by atoms with Crippen LogP contribution in [0.4, 0.5) is 11.4 Å². The van der Waals surface area contributed by atoms with Crippen molar-refractivity contribution >= 4 is 89.4 Å². The fourth-order valence-electron chi connectivity index (χ4n) is 8.39. The monoisotopic (exact) mass is 652 g/mol. The summed E-state index contributed by atoms with van der Waals surface area (Å²) in [5.74, 6) is -1.98. The number of carbonyl (C=O) groups is 4. The highest BCUT2D eigenvalue weighted by atomic mass is 16.2. The fourth-order valence-corrected chi connectivity index (χ4v) is 8.39. The number of anilines is 2. The molecular formula is C42H28N4O4. The maximum absolute atomic E-state index is 14.2. The molecule has 0 atom stereocenters. The highest BCUT2D eigenvalue weighted by molar-refractivity contribution is 6.42. The molecule has 0 fully saturated rings. The number of hydrogen-bond acceptors (Lipinski definition) is 4. The summed E-state index contributed by atoms with van der Waals surface area (Å²) in [7, 11) is 0. The fraction of sp³-hybridized carbons (Fsp3) is 0.0952. The Morgan fingerprint density at radius 2 is 0.740 bits per heavy atom. The summed E-state index contributed by atoms with van der Waals surface area (Å²) in [4.78, 5) is 59.3. The normalized spacial score (nSPS) is 14.4. The molecule has 10 rings (SSSR count). The van der Waals surface area contributed by atoms with Gasteiger partial charge >= 0.3 is 0 Å². The Morgan fingerprint density at radius 3 is 1.10 bits per heavy atom. The number of imide groups is 2. The second kappa shape index (κ2) is 9.99. The van der Waals surface area contributed by atoms with Gasteiger partial charge in [-0.3, -0.25) is 19.2 Å². The maximum atomic E-state index is 14.2. The van der Waals surface area contributed by atoms with E-state index in [1.807, 2.05) is 60.7 Å². The zero-order valence-corrected chi connectivity index (χ0v) is 27.2. The van der Waals surface area contributed by atoms with E-state index in [4.69, 9.17) is 0 Å². The molecule has 2 aliphatic rings. The van der Waals surface area contributed by atoms with E-state index < -0.39 is 23.6 Å². The molecular weight excluding hydrogens is 624 g/mol. The summed E-state index contributed by atoms with van der Waals surface area (Å²) in [5.41, 5.74) is 6.23. The van der Waals surface area contributed by atoms with Crippen LogP contribution in [0.15, 0.2) is 109 Å². The number of benzene rings is 6. The van der Waals surface area contributed by atoms with Crippen LogP contribution in [-0.4, -0.2) is 32.8 Å². The lowest BCUT2D eigenvalue weighted by Crippen LogP contribution is -2.43. The lowest BCUT2D eigenvalue weighted by molar-refractivity contribution is 0.0873. The number of aryl methyl sites for hydroxylation is 2. The molecule has 0 N–H and O–H groups in total. The van der Waals surface area contributed by atoms with Crippen molar-refractivity contribution in [3.63, 3.8) is 0 Å². The molecule has 50 heavy (non-hydrogen) atoms. The van der Waals surface area contributed by atoms with Gasteiger partial charge in [-0.1, -0.05) is 36.4 Å². The highest BCUT2D eigenvalue weighted by Crippen LogP contribution is 2.42. The third-order valence-electron chi connectivity index (χ3n) is 10.6. The van der Waals surface area contributed by atoms with Crippen LogP contribution < -0.4 is 9.80 Å². The Balaban J connectivity index is 1.10. The zero-order chi connectivity index (χ0) is 34.0. The second-order valence-electron chi connectivity index (χ2n) is 12.9. The van der Waals surface area contributed by atoms with Gasteiger partial charge in [0.2, 0.25) is 0 Å². The van der Waals surface area contributed by atoms with Gasteiger partial charge in [-0.05, 0) is 86.6 Å². The van der Waals surface area contributed by atoms with E-state index in [0.717, 1.165) is 56.7 Å². The molecule has 0 bridgehead atoms. The minimum absolute atomic E-state index is 0.277. The van der Waals surface area contributed by atoms with E-state index in [1.54, 1.807) is 36.4 Å². The summed E-state index contributed by atoms with van der Waals surface area (Å²) in [5, 5.41) is 4.67. The van der Waals surface area contributed by atoms with E-state index >= 15 is 0 Å². The molecule has 4 amide bonds. The first-order chi connectivity index (χ1) is 24.4. The first-order valence-corrected chi connectivity index (χ1v) is 16.8. The Kier molecular flexibility index (Phi) is 5.69. The van der Waals surface area contributed by atoms with Gasteiger partial charge in [0.05, 0.1) is 11.4 Å². The molecule has 4 heterocycles. The number of hydrogen-bond donors (Lipinski definition) is 0. The summed E-state index contributed by atoms with van der Waals surface area (Å²) < 4.78 is 4.43. The lowest BCUT2D eigenvalue weighted by Gasteiger charge is -2.32. The van der Waals surface area contributed by atoms with Crippen LogP contribution in [0.2, 0.25) is 0 Å². The number of fused-ring (bicyclic) bond motifs is 6. The number of rotatable bonds is 4. The molecule has 6 aromatic carbocycles. The van der Waals surface area contributed by atoms with Crippen LogP contribution in [0.5, 0.6) is 0 Å². The number of para-hydroxylation sites is 2. The predicted molar refractivity (Wildman–Crippen MR) is 196 cm³/mol. The minimum Gasteiger partial charge on any atom is -0.341 e. The van der Waals surface area contributed by atoms with Crippen LogP contribution in [0.25, 0.3) is 54.4 Å². The molecule has 0 saturated heterocycles. The predicted octanol–water partition coefficient (Wildman–Crippen LogP) is 8.70. The van der Waals surface area contributed by atoms with Crippen molar-refractivity contribution in [2.45, 2.75) is 26.9 Å². The van der Waals surface area contributed by atoms with Gasteiger partial charge in [0.1, 0.15) is 0 Å². The molecule has 2 aromatic heterocycles. The van der Waals surface area contributed by atoms with E-state index in [1.165, 1.54) is 9.80 Å². The van der Waals surface area contributed by atoms with Crippen molar-refractivity contribution in [3.05, 3.63) is 131 Å². The Morgan fingerprint density at radius 1 is 0.400 bits per heavy atom. The summed E-state index contributed by atoms with van der Waals surface area (Å²) in [6.07, 6.45) is 0. The van der Waals surface area contributed by atoms with Crippen molar-refractivity contribution in [2.24, 2.45) is 0 Å². The number of aromatic nitrogens is 2. The summed E-state index contributed by atoms with van der Waals surface area (Å²) in [6, 6.07) is 33.9. The van der Waals surface area contributed by atoms with Gasteiger partial charge in [0, 0.05) is 89.7 Å². The van der Waals surface area contributed by atoms with Crippen LogP contribution in [-0.2, 0) is 13.1 Å². The topological polar surface area (TPSA) is 84.6 Å². The van der Waals surface area contributed by atoms with Crippen LogP contribution in [0.1, 0.15) is 55.3 Å². The first kappa shape index (κ1) is 28.5. The molecule has 2 aliphatic heterocycles. The van der Waals surface area contributed by atoms with Gasteiger partial charge in [0.15, 0.2) is 0 Å². The van der Waals surface area contributed by atoms with Gasteiger partial charge < -0.3 is 9.13 Å². The molecule has 0 spiro atoms. The molecule has 8 heteroatoms. The van der Waals surface area contributed by atoms with Gasteiger partial charge in [-0.2, -0.15) is 0 Å². The molecule has 240 valence electrons. The second-order valence-corrected chi connectivity index (χ2v) is 12.9. The first-order valence-electron chi connectivity index (χ1n) is 16.8. The van der Waals surface area contributed by atoms with Gasteiger partial charge in [-0.25, -0.2) is 9.80 Å². The molecule has 0 saturated carbocycles. The van der Waals surface area contributed by atoms with Crippen molar-refractivity contribution in [1.29, 1.82) is 0 Å². The van der Waals surface area contributed by atoms with Crippen molar-refractivity contribution in [2.75, 3.05) is 9.80 Å².